The van der Waals surface area contributed by atoms with Crippen molar-refractivity contribution in [2.45, 2.75) is 31.9 Å². The predicted molar refractivity (Wildman–Crippen MR) is 62.9 cm³/mol. The Bertz CT molecular complexity index is 284. The summed E-state index contributed by atoms with van der Waals surface area (Å²) in [6.45, 7) is 1.14. The lowest BCUT2D eigenvalue weighted by Crippen LogP contribution is -2.37. The second kappa shape index (κ2) is 7.69. The Labute approximate surface area is 110 Å². The van der Waals surface area contributed by atoms with Crippen molar-refractivity contribution < 1.29 is 27.8 Å². The van der Waals surface area contributed by atoms with Crippen LogP contribution < -0.4 is 0 Å². The van der Waals surface area contributed by atoms with Gasteiger partial charge in [0.05, 0.1) is 0 Å². The maximum Gasteiger partial charge on any atom is 0.411 e. The summed E-state index contributed by atoms with van der Waals surface area (Å²) in [7, 11) is 0. The van der Waals surface area contributed by atoms with Crippen LogP contribution in [0.5, 0.6) is 0 Å². The molecule has 0 aliphatic carbocycles. The number of aliphatic carboxylic acids is 1. The van der Waals surface area contributed by atoms with Crippen molar-refractivity contribution in [3.05, 3.63) is 0 Å². The van der Waals surface area contributed by atoms with Gasteiger partial charge in [-0.25, -0.2) is 0 Å². The van der Waals surface area contributed by atoms with Crippen molar-refractivity contribution in [2.24, 2.45) is 5.92 Å². The smallest absolute Gasteiger partial charge is 0.411 e. The molecule has 0 radical (unpaired) electrons. The summed E-state index contributed by atoms with van der Waals surface area (Å²) in [6.07, 6.45) is -1.70. The van der Waals surface area contributed by atoms with E-state index < -0.39 is 18.8 Å². The molecule has 0 aromatic carbocycles. The molecule has 0 amide bonds. The van der Waals surface area contributed by atoms with Gasteiger partial charge in [0.25, 0.3) is 0 Å². The summed E-state index contributed by atoms with van der Waals surface area (Å²) in [5.41, 5.74) is 0. The van der Waals surface area contributed by atoms with Crippen LogP contribution in [0, 0.1) is 5.92 Å². The number of rotatable bonds is 7. The minimum absolute atomic E-state index is 0.0829. The van der Waals surface area contributed by atoms with Gasteiger partial charge in [0.2, 0.25) is 0 Å². The topological polar surface area (TPSA) is 49.8 Å². The Hall–Kier alpha value is -0.820. The molecule has 1 rings (SSSR count). The predicted octanol–water partition coefficient (Wildman–Crippen LogP) is 2.14. The molecule has 1 unspecified atom stereocenters. The summed E-state index contributed by atoms with van der Waals surface area (Å²) >= 11 is 0. The summed E-state index contributed by atoms with van der Waals surface area (Å²) in [5.74, 6) is -0.636. The zero-order valence-corrected chi connectivity index (χ0v) is 10.8. The molecule has 112 valence electrons. The molecule has 1 N–H and O–H groups in total. The van der Waals surface area contributed by atoms with Crippen LogP contribution in [0.3, 0.4) is 0 Å². The van der Waals surface area contributed by atoms with Gasteiger partial charge < -0.3 is 14.7 Å². The molecular weight excluding hydrogens is 263 g/mol. The number of nitrogens with zero attached hydrogens (tertiary/aromatic N) is 1. The van der Waals surface area contributed by atoms with Crippen molar-refractivity contribution in [3.8, 4) is 0 Å². The van der Waals surface area contributed by atoms with E-state index in [9.17, 15) is 18.0 Å². The number of ether oxygens (including phenoxy) is 1. The van der Waals surface area contributed by atoms with Gasteiger partial charge >= 0.3 is 12.1 Å². The monoisotopic (exact) mass is 283 g/mol. The molecule has 1 saturated heterocycles. The fourth-order valence-electron chi connectivity index (χ4n) is 2.35. The van der Waals surface area contributed by atoms with E-state index in [0.29, 0.717) is 19.5 Å². The highest BCUT2D eigenvalue weighted by Crippen LogP contribution is 2.19. The fraction of sp³-hybridized carbons (Fsp3) is 0.917. The van der Waals surface area contributed by atoms with Crippen LogP contribution in [0.1, 0.15) is 25.7 Å². The summed E-state index contributed by atoms with van der Waals surface area (Å²) in [5, 5.41) is 8.73. The molecule has 1 aliphatic rings. The number of carbonyl (C=O) groups is 1. The van der Waals surface area contributed by atoms with Crippen LogP contribution in [0.2, 0.25) is 0 Å². The van der Waals surface area contributed by atoms with E-state index in [1.807, 2.05) is 0 Å². The van der Waals surface area contributed by atoms with Gasteiger partial charge in [0.15, 0.2) is 0 Å². The van der Waals surface area contributed by atoms with Crippen LogP contribution in [-0.4, -0.2) is 55.0 Å². The maximum atomic E-state index is 11.8. The van der Waals surface area contributed by atoms with Gasteiger partial charge in [-0.2, -0.15) is 13.2 Å². The molecule has 0 bridgehead atoms. The third-order valence-corrected chi connectivity index (χ3v) is 3.10. The lowest BCUT2D eigenvalue weighted by atomic mass is 9.95. The zero-order valence-electron chi connectivity index (χ0n) is 10.8. The van der Waals surface area contributed by atoms with E-state index in [-0.39, 0.29) is 18.9 Å². The number of likely N-dealkylation sites (tertiary alicyclic amines) is 1. The van der Waals surface area contributed by atoms with E-state index in [1.165, 1.54) is 0 Å². The molecular formula is C12H20F3NO3. The molecule has 0 spiro atoms. The molecule has 1 atom stereocenters. The van der Waals surface area contributed by atoms with Crippen LogP contribution in [0.15, 0.2) is 0 Å². The average molecular weight is 283 g/mol. The van der Waals surface area contributed by atoms with E-state index >= 15 is 0 Å². The average Bonchev–Trinajstić information content (AvgIpc) is 2.26. The first kappa shape index (κ1) is 16.2. The van der Waals surface area contributed by atoms with Gasteiger partial charge in [-0.1, -0.05) is 0 Å². The van der Waals surface area contributed by atoms with Crippen molar-refractivity contribution in [2.75, 3.05) is 32.8 Å². The van der Waals surface area contributed by atoms with Crippen LogP contribution in [-0.2, 0) is 9.53 Å². The summed E-state index contributed by atoms with van der Waals surface area (Å²) < 4.78 is 40.0. The number of piperidine rings is 1. The highest BCUT2D eigenvalue weighted by atomic mass is 19.4. The van der Waals surface area contributed by atoms with Crippen molar-refractivity contribution in [1.29, 1.82) is 0 Å². The number of carboxylic acid groups (broad SMARTS) is 1. The molecule has 0 aromatic rings. The Morgan fingerprint density at radius 2 is 2.16 bits per heavy atom. The third-order valence-electron chi connectivity index (χ3n) is 3.10. The Morgan fingerprint density at radius 3 is 2.79 bits per heavy atom. The van der Waals surface area contributed by atoms with E-state index in [2.05, 4.69) is 9.64 Å². The summed E-state index contributed by atoms with van der Waals surface area (Å²) in [4.78, 5) is 12.7. The molecule has 7 heteroatoms. The SMILES string of the molecule is O=C(O)CC1CCCN(CCCOCC(F)(F)F)C1. The van der Waals surface area contributed by atoms with E-state index in [4.69, 9.17) is 5.11 Å². The standard InChI is InChI=1S/C12H20F3NO3/c13-12(14,15)9-19-6-2-5-16-4-1-3-10(8-16)7-11(17)18/h10H,1-9H2,(H,17,18). The molecule has 1 fully saturated rings. The minimum Gasteiger partial charge on any atom is -0.481 e. The van der Waals surface area contributed by atoms with Gasteiger partial charge in [0.1, 0.15) is 6.61 Å². The third kappa shape index (κ3) is 8.05. The maximum absolute atomic E-state index is 11.8. The second-order valence-corrected chi connectivity index (χ2v) is 4.93. The van der Waals surface area contributed by atoms with Crippen molar-refractivity contribution in [1.82, 2.24) is 4.90 Å². The largest absolute Gasteiger partial charge is 0.481 e. The molecule has 19 heavy (non-hydrogen) atoms. The Morgan fingerprint density at radius 1 is 1.42 bits per heavy atom. The van der Waals surface area contributed by atoms with Crippen LogP contribution in [0.4, 0.5) is 13.2 Å². The molecule has 4 nitrogen and oxygen atoms in total. The van der Waals surface area contributed by atoms with E-state index in [1.54, 1.807) is 0 Å². The van der Waals surface area contributed by atoms with Gasteiger partial charge in [-0.3, -0.25) is 4.79 Å². The van der Waals surface area contributed by atoms with Crippen molar-refractivity contribution >= 4 is 5.97 Å². The Balaban J connectivity index is 2.10. The first-order chi connectivity index (χ1) is 8.87. The summed E-state index contributed by atoms with van der Waals surface area (Å²) in [6, 6.07) is 0. The first-order valence-corrected chi connectivity index (χ1v) is 6.45. The number of alkyl halides is 3. The Kier molecular flexibility index (Phi) is 6.57. The number of hydrogen-bond donors (Lipinski definition) is 1. The van der Waals surface area contributed by atoms with Gasteiger partial charge in [-0.05, 0) is 31.7 Å². The minimum atomic E-state index is -4.27. The highest BCUT2D eigenvalue weighted by Gasteiger charge is 2.27. The molecule has 1 heterocycles. The van der Waals surface area contributed by atoms with Crippen molar-refractivity contribution in [3.63, 3.8) is 0 Å². The molecule has 0 aromatic heterocycles. The molecule has 0 saturated carbocycles. The van der Waals surface area contributed by atoms with Crippen LogP contribution >= 0.6 is 0 Å². The second-order valence-electron chi connectivity index (χ2n) is 4.93. The number of hydrogen-bond acceptors (Lipinski definition) is 3. The van der Waals surface area contributed by atoms with Gasteiger partial charge in [-0.15, -0.1) is 0 Å². The first-order valence-electron chi connectivity index (χ1n) is 6.45. The number of halogens is 3. The number of carboxylic acids is 1. The quantitative estimate of drug-likeness (QED) is 0.727. The van der Waals surface area contributed by atoms with E-state index in [0.717, 1.165) is 19.4 Å². The van der Waals surface area contributed by atoms with Crippen LogP contribution in [0.25, 0.3) is 0 Å². The normalized spacial score (nSPS) is 21.5. The van der Waals surface area contributed by atoms with Gasteiger partial charge in [0, 0.05) is 26.1 Å². The lowest BCUT2D eigenvalue weighted by molar-refractivity contribution is -0.174. The fourth-order valence-corrected chi connectivity index (χ4v) is 2.35. The lowest BCUT2D eigenvalue weighted by Gasteiger charge is -2.31. The molecule has 1 aliphatic heterocycles. The zero-order chi connectivity index (χ0) is 14.3. The highest BCUT2D eigenvalue weighted by molar-refractivity contribution is 5.67.